The lowest BCUT2D eigenvalue weighted by molar-refractivity contribution is 0.177. The van der Waals surface area contributed by atoms with Crippen molar-refractivity contribution in [3.8, 4) is 11.5 Å². The Kier molecular flexibility index (Phi) is 4.86. The van der Waals surface area contributed by atoms with Crippen molar-refractivity contribution in [1.82, 2.24) is 5.32 Å². The molecule has 1 atom stereocenters. The van der Waals surface area contributed by atoms with Crippen LogP contribution in [0.2, 0.25) is 5.02 Å². The Bertz CT molecular complexity index is 357. The van der Waals surface area contributed by atoms with E-state index in [1.807, 2.05) is 0 Å². The smallest absolute Gasteiger partial charge is 0.179 e. The summed E-state index contributed by atoms with van der Waals surface area (Å²) in [4.78, 5) is 0. The molecule has 90 valence electrons. The van der Waals surface area contributed by atoms with Gasteiger partial charge in [0.1, 0.15) is 0 Å². The normalized spacial score (nSPS) is 12.3. The van der Waals surface area contributed by atoms with Gasteiger partial charge in [-0.05, 0) is 13.1 Å². The fraction of sp³-hybridized carbons (Fsp3) is 0.455. The number of halogens is 1. The van der Waals surface area contributed by atoms with Crippen molar-refractivity contribution in [3.63, 3.8) is 0 Å². The first-order chi connectivity index (χ1) is 7.65. The number of aliphatic hydroxyl groups is 1. The Morgan fingerprint density at radius 2 is 2.06 bits per heavy atom. The van der Waals surface area contributed by atoms with Crippen LogP contribution < -0.4 is 14.8 Å². The van der Waals surface area contributed by atoms with Crippen LogP contribution in [0, 0.1) is 0 Å². The van der Waals surface area contributed by atoms with Gasteiger partial charge in [-0.2, -0.15) is 0 Å². The molecule has 16 heavy (non-hydrogen) atoms. The predicted molar refractivity (Wildman–Crippen MR) is 63.4 cm³/mol. The van der Waals surface area contributed by atoms with Gasteiger partial charge >= 0.3 is 0 Å². The minimum atomic E-state index is -0.669. The Morgan fingerprint density at radius 1 is 1.38 bits per heavy atom. The second-order valence-corrected chi connectivity index (χ2v) is 3.66. The average Bonchev–Trinajstić information content (AvgIpc) is 2.28. The van der Waals surface area contributed by atoms with Crippen molar-refractivity contribution in [2.24, 2.45) is 0 Å². The minimum absolute atomic E-state index is 0.379. The van der Waals surface area contributed by atoms with E-state index in [1.165, 1.54) is 14.2 Å². The molecule has 5 heteroatoms. The van der Waals surface area contributed by atoms with Crippen LogP contribution in [-0.2, 0) is 0 Å². The molecule has 0 amide bonds. The van der Waals surface area contributed by atoms with Crippen LogP contribution in [0.15, 0.2) is 12.1 Å². The maximum atomic E-state index is 9.84. The van der Waals surface area contributed by atoms with Gasteiger partial charge < -0.3 is 19.9 Å². The second kappa shape index (κ2) is 5.94. The molecule has 0 saturated heterocycles. The summed E-state index contributed by atoms with van der Waals surface area (Å²) in [5, 5.41) is 13.1. The van der Waals surface area contributed by atoms with E-state index in [1.54, 1.807) is 19.2 Å². The van der Waals surface area contributed by atoms with E-state index in [0.717, 1.165) is 0 Å². The molecule has 0 aliphatic heterocycles. The molecule has 0 aromatic heterocycles. The van der Waals surface area contributed by atoms with Gasteiger partial charge in [-0.15, -0.1) is 0 Å². The first-order valence-corrected chi connectivity index (χ1v) is 5.26. The minimum Gasteiger partial charge on any atom is -0.493 e. The molecule has 1 aromatic carbocycles. The van der Waals surface area contributed by atoms with Crippen LogP contribution in [-0.4, -0.2) is 32.9 Å². The summed E-state index contributed by atoms with van der Waals surface area (Å²) < 4.78 is 10.3. The maximum absolute atomic E-state index is 9.84. The fourth-order valence-electron chi connectivity index (χ4n) is 1.47. The van der Waals surface area contributed by atoms with Crippen LogP contribution in [0.4, 0.5) is 0 Å². The molecule has 0 aliphatic rings. The van der Waals surface area contributed by atoms with Crippen LogP contribution in [0.1, 0.15) is 11.7 Å². The number of likely N-dealkylation sites (N-methyl/N-ethyl adjacent to an activating group) is 1. The first kappa shape index (κ1) is 13.1. The van der Waals surface area contributed by atoms with Crippen LogP contribution in [0.3, 0.4) is 0 Å². The van der Waals surface area contributed by atoms with Gasteiger partial charge in [-0.25, -0.2) is 0 Å². The Morgan fingerprint density at radius 3 is 2.56 bits per heavy atom. The molecule has 0 aliphatic carbocycles. The topological polar surface area (TPSA) is 50.7 Å². The summed E-state index contributed by atoms with van der Waals surface area (Å²) in [6, 6.07) is 3.45. The van der Waals surface area contributed by atoms with Gasteiger partial charge in [-0.3, -0.25) is 0 Å². The lowest BCUT2D eigenvalue weighted by Crippen LogP contribution is -2.17. The van der Waals surface area contributed by atoms with Crippen molar-refractivity contribution in [2.75, 3.05) is 27.8 Å². The highest BCUT2D eigenvalue weighted by Crippen LogP contribution is 2.39. The van der Waals surface area contributed by atoms with Gasteiger partial charge in [-0.1, -0.05) is 17.7 Å². The third-order valence-corrected chi connectivity index (χ3v) is 2.66. The van der Waals surface area contributed by atoms with E-state index in [4.69, 9.17) is 21.1 Å². The Balaban J connectivity index is 3.13. The zero-order valence-corrected chi connectivity index (χ0v) is 10.3. The lowest BCUT2D eigenvalue weighted by atomic mass is 10.1. The highest BCUT2D eigenvalue weighted by Gasteiger charge is 2.17. The van der Waals surface area contributed by atoms with Gasteiger partial charge in [0.15, 0.2) is 11.5 Å². The van der Waals surface area contributed by atoms with Crippen molar-refractivity contribution in [2.45, 2.75) is 6.10 Å². The van der Waals surface area contributed by atoms with Gasteiger partial charge in [0, 0.05) is 12.1 Å². The summed E-state index contributed by atoms with van der Waals surface area (Å²) in [6.45, 7) is 0.426. The molecular formula is C11H16ClNO3. The summed E-state index contributed by atoms with van der Waals surface area (Å²) in [5.41, 5.74) is 0.619. The number of aliphatic hydroxyl groups excluding tert-OH is 1. The second-order valence-electron chi connectivity index (χ2n) is 3.28. The molecule has 0 bridgehead atoms. The number of hydrogen-bond acceptors (Lipinski definition) is 4. The molecule has 0 heterocycles. The number of hydrogen-bond donors (Lipinski definition) is 2. The average molecular weight is 246 g/mol. The number of ether oxygens (including phenoxy) is 2. The summed E-state index contributed by atoms with van der Waals surface area (Å²) in [5.74, 6) is 0.990. The highest BCUT2D eigenvalue weighted by atomic mass is 35.5. The number of nitrogens with one attached hydrogen (secondary N) is 1. The molecule has 0 saturated carbocycles. The van der Waals surface area contributed by atoms with Crippen LogP contribution in [0.25, 0.3) is 0 Å². The zero-order chi connectivity index (χ0) is 12.1. The molecule has 0 radical (unpaired) electrons. The molecule has 1 unspecified atom stereocenters. The van der Waals surface area contributed by atoms with Gasteiger partial charge in [0.2, 0.25) is 0 Å². The zero-order valence-electron chi connectivity index (χ0n) is 9.58. The standard InChI is InChI=1S/C11H16ClNO3/c1-13-6-8(14)7-4-5-9(15-2)11(16-3)10(7)12/h4-5,8,13-14H,6H2,1-3H3. The van der Waals surface area contributed by atoms with Crippen molar-refractivity contribution >= 4 is 11.6 Å². The highest BCUT2D eigenvalue weighted by molar-refractivity contribution is 6.33. The molecule has 0 spiro atoms. The molecule has 1 rings (SSSR count). The van der Waals surface area contributed by atoms with Crippen molar-refractivity contribution in [1.29, 1.82) is 0 Å². The van der Waals surface area contributed by atoms with Crippen LogP contribution in [0.5, 0.6) is 11.5 Å². The third kappa shape index (κ3) is 2.58. The molecule has 0 fully saturated rings. The first-order valence-electron chi connectivity index (χ1n) is 4.88. The van der Waals surface area contributed by atoms with Gasteiger partial charge in [0.05, 0.1) is 25.3 Å². The Hall–Kier alpha value is -0.970. The van der Waals surface area contributed by atoms with E-state index >= 15 is 0 Å². The van der Waals surface area contributed by atoms with Crippen LogP contribution >= 0.6 is 11.6 Å². The van der Waals surface area contributed by atoms with Crippen molar-refractivity contribution < 1.29 is 14.6 Å². The fourth-order valence-corrected chi connectivity index (χ4v) is 1.82. The predicted octanol–water partition coefficient (Wildman–Crippen LogP) is 1.61. The largest absolute Gasteiger partial charge is 0.493 e. The monoisotopic (exact) mass is 245 g/mol. The van der Waals surface area contributed by atoms with E-state index in [-0.39, 0.29) is 0 Å². The van der Waals surface area contributed by atoms with E-state index < -0.39 is 6.10 Å². The quantitative estimate of drug-likeness (QED) is 0.828. The lowest BCUT2D eigenvalue weighted by Gasteiger charge is -2.16. The van der Waals surface area contributed by atoms with Gasteiger partial charge in [0.25, 0.3) is 0 Å². The molecule has 1 aromatic rings. The molecule has 2 N–H and O–H groups in total. The van der Waals surface area contributed by atoms with E-state index in [9.17, 15) is 5.11 Å². The summed E-state index contributed by atoms with van der Waals surface area (Å²) in [7, 11) is 4.81. The van der Waals surface area contributed by atoms with E-state index in [0.29, 0.717) is 28.6 Å². The molecule has 4 nitrogen and oxygen atoms in total. The Labute approximate surface area is 100 Å². The number of rotatable bonds is 5. The summed E-state index contributed by atoms with van der Waals surface area (Å²) in [6.07, 6.45) is -0.669. The third-order valence-electron chi connectivity index (χ3n) is 2.27. The van der Waals surface area contributed by atoms with E-state index in [2.05, 4.69) is 5.32 Å². The number of benzene rings is 1. The van der Waals surface area contributed by atoms with Crippen molar-refractivity contribution in [3.05, 3.63) is 22.7 Å². The SMILES string of the molecule is CNCC(O)c1ccc(OC)c(OC)c1Cl. The summed E-state index contributed by atoms with van der Waals surface area (Å²) >= 11 is 6.13. The number of methoxy groups -OCH3 is 2. The molecular weight excluding hydrogens is 230 g/mol. The maximum Gasteiger partial charge on any atom is 0.179 e.